The number of hydrogen-bond donors (Lipinski definition) is 1. The van der Waals surface area contributed by atoms with Crippen LogP contribution in [0.3, 0.4) is 0 Å². The van der Waals surface area contributed by atoms with Gasteiger partial charge in [0.25, 0.3) is 0 Å². The molecule has 0 amide bonds. The number of nitrogens with zero attached hydrogens (tertiary/aromatic N) is 2. The first-order valence-corrected chi connectivity index (χ1v) is 7.38. The van der Waals surface area contributed by atoms with Crippen LogP contribution < -0.4 is 5.32 Å². The minimum atomic E-state index is 0.787. The standard InChI is InChI=1S/C17H23N3/c1-4-11-18-17-13(3)15(5-2)19-16(20-17)12-14-9-7-6-8-10-14/h6-10H,4-5,11-12H2,1-3H3,(H,18,19,20). The Morgan fingerprint density at radius 2 is 1.80 bits per heavy atom. The van der Waals surface area contributed by atoms with E-state index in [0.29, 0.717) is 0 Å². The van der Waals surface area contributed by atoms with Gasteiger partial charge in [0.15, 0.2) is 0 Å². The highest BCUT2D eigenvalue weighted by molar-refractivity contribution is 5.46. The smallest absolute Gasteiger partial charge is 0.135 e. The Bertz CT molecular complexity index is 550. The Kier molecular flexibility index (Phi) is 5.10. The molecule has 0 aliphatic heterocycles. The van der Waals surface area contributed by atoms with E-state index < -0.39 is 0 Å². The second-order valence-electron chi connectivity index (χ2n) is 5.00. The molecule has 0 saturated heterocycles. The highest BCUT2D eigenvalue weighted by atomic mass is 15.0. The van der Waals surface area contributed by atoms with Gasteiger partial charge in [0, 0.05) is 24.2 Å². The molecule has 0 unspecified atom stereocenters. The van der Waals surface area contributed by atoms with Crippen molar-refractivity contribution in [2.75, 3.05) is 11.9 Å². The van der Waals surface area contributed by atoms with Gasteiger partial charge in [-0.3, -0.25) is 0 Å². The summed E-state index contributed by atoms with van der Waals surface area (Å²) in [6.07, 6.45) is 2.82. The Balaban J connectivity index is 2.28. The molecule has 1 aromatic carbocycles. The second-order valence-corrected chi connectivity index (χ2v) is 5.00. The maximum atomic E-state index is 4.70. The van der Waals surface area contributed by atoms with Crippen LogP contribution in [0.25, 0.3) is 0 Å². The zero-order chi connectivity index (χ0) is 14.4. The molecule has 0 saturated carbocycles. The topological polar surface area (TPSA) is 37.8 Å². The zero-order valence-corrected chi connectivity index (χ0v) is 12.6. The van der Waals surface area contributed by atoms with Crippen molar-refractivity contribution in [3.8, 4) is 0 Å². The molecule has 2 aromatic rings. The molecule has 0 fully saturated rings. The van der Waals surface area contributed by atoms with Crippen LogP contribution in [0.15, 0.2) is 30.3 Å². The quantitative estimate of drug-likeness (QED) is 0.867. The van der Waals surface area contributed by atoms with Gasteiger partial charge in [-0.1, -0.05) is 44.2 Å². The minimum absolute atomic E-state index is 0.787. The largest absolute Gasteiger partial charge is 0.370 e. The molecule has 0 aliphatic rings. The predicted octanol–water partition coefficient (Wildman–Crippen LogP) is 3.76. The van der Waals surface area contributed by atoms with Crippen LogP contribution in [-0.4, -0.2) is 16.5 Å². The summed E-state index contributed by atoms with van der Waals surface area (Å²) in [5.74, 6) is 1.89. The third-order valence-electron chi connectivity index (χ3n) is 3.38. The average Bonchev–Trinajstić information content (AvgIpc) is 2.48. The van der Waals surface area contributed by atoms with E-state index in [1.54, 1.807) is 0 Å². The van der Waals surface area contributed by atoms with Crippen molar-refractivity contribution in [2.45, 2.75) is 40.0 Å². The lowest BCUT2D eigenvalue weighted by molar-refractivity contribution is 0.876. The van der Waals surface area contributed by atoms with E-state index in [1.807, 2.05) is 6.07 Å². The third kappa shape index (κ3) is 3.56. The Labute approximate surface area is 121 Å². The van der Waals surface area contributed by atoms with Gasteiger partial charge in [-0.15, -0.1) is 0 Å². The molecule has 106 valence electrons. The minimum Gasteiger partial charge on any atom is -0.370 e. The van der Waals surface area contributed by atoms with Crippen LogP contribution in [0, 0.1) is 6.92 Å². The summed E-state index contributed by atoms with van der Waals surface area (Å²) in [4.78, 5) is 9.40. The molecular formula is C17H23N3. The molecule has 3 heteroatoms. The Morgan fingerprint density at radius 3 is 2.45 bits per heavy atom. The van der Waals surface area contributed by atoms with E-state index in [-0.39, 0.29) is 0 Å². The normalized spacial score (nSPS) is 10.6. The van der Waals surface area contributed by atoms with Crippen molar-refractivity contribution < 1.29 is 0 Å². The summed E-state index contributed by atoms with van der Waals surface area (Å²) in [5.41, 5.74) is 3.57. The number of nitrogens with one attached hydrogen (secondary N) is 1. The molecule has 0 aliphatic carbocycles. The summed E-state index contributed by atoms with van der Waals surface area (Å²) in [6.45, 7) is 7.36. The summed E-state index contributed by atoms with van der Waals surface area (Å²) in [6, 6.07) is 10.4. The first-order chi connectivity index (χ1) is 9.74. The number of rotatable bonds is 6. The van der Waals surface area contributed by atoms with Gasteiger partial charge in [-0.2, -0.15) is 0 Å². The van der Waals surface area contributed by atoms with E-state index >= 15 is 0 Å². The van der Waals surface area contributed by atoms with Crippen LogP contribution in [0.2, 0.25) is 0 Å². The fraction of sp³-hybridized carbons (Fsp3) is 0.412. The van der Waals surface area contributed by atoms with Crippen LogP contribution in [-0.2, 0) is 12.8 Å². The average molecular weight is 269 g/mol. The summed E-state index contributed by atoms with van der Waals surface area (Å²) < 4.78 is 0. The molecule has 1 heterocycles. The van der Waals surface area contributed by atoms with Crippen molar-refractivity contribution in [2.24, 2.45) is 0 Å². The van der Waals surface area contributed by atoms with E-state index in [9.17, 15) is 0 Å². The Hall–Kier alpha value is -1.90. The fourth-order valence-electron chi connectivity index (χ4n) is 2.23. The zero-order valence-electron chi connectivity index (χ0n) is 12.6. The molecule has 1 N–H and O–H groups in total. The summed E-state index contributed by atoms with van der Waals surface area (Å²) >= 11 is 0. The lowest BCUT2D eigenvalue weighted by atomic mass is 10.1. The molecule has 20 heavy (non-hydrogen) atoms. The first kappa shape index (κ1) is 14.5. The van der Waals surface area contributed by atoms with Crippen molar-refractivity contribution in [1.29, 1.82) is 0 Å². The molecule has 1 aromatic heterocycles. The second kappa shape index (κ2) is 7.04. The number of anilines is 1. The molecule has 0 spiro atoms. The van der Waals surface area contributed by atoms with Gasteiger partial charge in [0.05, 0.1) is 0 Å². The molecule has 0 radical (unpaired) electrons. The lowest BCUT2D eigenvalue weighted by Gasteiger charge is -2.13. The van der Waals surface area contributed by atoms with E-state index in [2.05, 4.69) is 50.4 Å². The predicted molar refractivity (Wildman–Crippen MR) is 84.2 cm³/mol. The fourth-order valence-corrected chi connectivity index (χ4v) is 2.23. The first-order valence-electron chi connectivity index (χ1n) is 7.38. The van der Waals surface area contributed by atoms with Crippen LogP contribution in [0.1, 0.15) is 42.9 Å². The maximum Gasteiger partial charge on any atom is 0.135 e. The van der Waals surface area contributed by atoms with E-state index in [0.717, 1.165) is 43.1 Å². The van der Waals surface area contributed by atoms with Gasteiger partial charge >= 0.3 is 0 Å². The summed E-state index contributed by atoms with van der Waals surface area (Å²) in [7, 11) is 0. The van der Waals surface area contributed by atoms with E-state index in [1.165, 1.54) is 11.1 Å². The molecule has 0 atom stereocenters. The van der Waals surface area contributed by atoms with Gasteiger partial charge in [0.1, 0.15) is 11.6 Å². The van der Waals surface area contributed by atoms with Gasteiger partial charge in [0.2, 0.25) is 0 Å². The van der Waals surface area contributed by atoms with Crippen molar-refractivity contribution >= 4 is 5.82 Å². The van der Waals surface area contributed by atoms with Gasteiger partial charge in [-0.05, 0) is 25.3 Å². The van der Waals surface area contributed by atoms with Gasteiger partial charge < -0.3 is 5.32 Å². The van der Waals surface area contributed by atoms with E-state index in [4.69, 9.17) is 9.97 Å². The van der Waals surface area contributed by atoms with Gasteiger partial charge in [-0.25, -0.2) is 9.97 Å². The molecule has 3 nitrogen and oxygen atoms in total. The maximum absolute atomic E-state index is 4.70. The molecule has 2 rings (SSSR count). The monoisotopic (exact) mass is 269 g/mol. The van der Waals surface area contributed by atoms with Crippen LogP contribution in [0.4, 0.5) is 5.82 Å². The SMILES string of the molecule is CCCNc1nc(Cc2ccccc2)nc(CC)c1C. The molecular weight excluding hydrogens is 246 g/mol. The Morgan fingerprint density at radius 1 is 1.05 bits per heavy atom. The van der Waals surface area contributed by atoms with Crippen LogP contribution >= 0.6 is 0 Å². The van der Waals surface area contributed by atoms with Crippen molar-refractivity contribution in [1.82, 2.24) is 9.97 Å². The summed E-state index contributed by atoms with van der Waals surface area (Å²) in [5, 5.41) is 3.41. The number of hydrogen-bond acceptors (Lipinski definition) is 3. The lowest BCUT2D eigenvalue weighted by Crippen LogP contribution is -2.10. The third-order valence-corrected chi connectivity index (χ3v) is 3.38. The van der Waals surface area contributed by atoms with Crippen LogP contribution in [0.5, 0.6) is 0 Å². The van der Waals surface area contributed by atoms with Crippen molar-refractivity contribution in [3.05, 3.63) is 53.0 Å². The highest BCUT2D eigenvalue weighted by Crippen LogP contribution is 2.17. The highest BCUT2D eigenvalue weighted by Gasteiger charge is 2.09. The molecule has 0 bridgehead atoms. The number of benzene rings is 1. The number of aryl methyl sites for hydroxylation is 1. The van der Waals surface area contributed by atoms with Crippen molar-refractivity contribution in [3.63, 3.8) is 0 Å². The number of aromatic nitrogens is 2.